The molecule has 0 saturated heterocycles. The van der Waals surface area contributed by atoms with E-state index in [1.165, 1.54) is 24.0 Å². The summed E-state index contributed by atoms with van der Waals surface area (Å²) in [4.78, 5) is 15.7. The van der Waals surface area contributed by atoms with Crippen LogP contribution in [-0.4, -0.2) is 23.4 Å². The van der Waals surface area contributed by atoms with E-state index in [9.17, 15) is 44.3 Å². The van der Waals surface area contributed by atoms with Crippen LogP contribution in [0.2, 0.25) is 0 Å². The van der Waals surface area contributed by atoms with Gasteiger partial charge in [0.05, 0.1) is 34.1 Å². The SMILES string of the molecule is Cc1cc(N(Cc2cc(C(F)(F)F)cc(C(F)(F)F)c2)[C@H]2CCCN(C(=O)OC(C)(C)C)c3cc(C(F)(F)F)c(C)cc32)on1. The van der Waals surface area contributed by atoms with Gasteiger partial charge in [0, 0.05) is 19.2 Å². The van der Waals surface area contributed by atoms with Crippen LogP contribution >= 0.6 is 0 Å². The third-order valence-corrected chi connectivity index (χ3v) is 7.08. The van der Waals surface area contributed by atoms with Gasteiger partial charge in [0.1, 0.15) is 5.60 Å². The fraction of sp³-hybridized carbons (Fsp3) is 0.467. The monoisotopic (exact) mass is 651 g/mol. The second-order valence-corrected chi connectivity index (χ2v) is 11.9. The van der Waals surface area contributed by atoms with Crippen LogP contribution in [-0.2, 0) is 29.8 Å². The van der Waals surface area contributed by atoms with Crippen molar-refractivity contribution < 1.29 is 53.6 Å². The zero-order valence-electron chi connectivity index (χ0n) is 24.8. The highest BCUT2D eigenvalue weighted by atomic mass is 19.4. The Morgan fingerprint density at radius 3 is 2.00 bits per heavy atom. The Balaban J connectivity index is 1.93. The minimum atomic E-state index is -5.10. The van der Waals surface area contributed by atoms with E-state index in [2.05, 4.69) is 5.16 Å². The lowest BCUT2D eigenvalue weighted by Gasteiger charge is -2.33. The van der Waals surface area contributed by atoms with E-state index in [4.69, 9.17) is 9.26 Å². The highest BCUT2D eigenvalue weighted by molar-refractivity contribution is 5.90. The van der Waals surface area contributed by atoms with Crippen LogP contribution in [0.3, 0.4) is 0 Å². The smallest absolute Gasteiger partial charge is 0.416 e. The maximum Gasteiger partial charge on any atom is 0.416 e. The Hall–Kier alpha value is -3.91. The van der Waals surface area contributed by atoms with Crippen molar-refractivity contribution in [2.75, 3.05) is 16.3 Å². The highest BCUT2D eigenvalue weighted by Crippen LogP contribution is 2.45. The molecule has 1 amide bonds. The van der Waals surface area contributed by atoms with Crippen molar-refractivity contribution >= 4 is 17.7 Å². The lowest BCUT2D eigenvalue weighted by molar-refractivity contribution is -0.143. The zero-order chi connectivity index (χ0) is 33.7. The third kappa shape index (κ3) is 7.85. The molecule has 1 atom stereocenters. The van der Waals surface area contributed by atoms with Crippen LogP contribution in [0, 0.1) is 13.8 Å². The van der Waals surface area contributed by atoms with E-state index in [0.29, 0.717) is 17.8 Å². The largest absolute Gasteiger partial charge is 0.443 e. The van der Waals surface area contributed by atoms with E-state index in [1.54, 1.807) is 27.7 Å². The molecule has 0 bridgehead atoms. The van der Waals surface area contributed by atoms with Crippen LogP contribution in [0.4, 0.5) is 55.9 Å². The molecule has 4 rings (SSSR count). The van der Waals surface area contributed by atoms with E-state index in [-0.39, 0.29) is 53.7 Å². The second-order valence-electron chi connectivity index (χ2n) is 11.9. The molecule has 0 unspecified atom stereocenters. The first-order valence-electron chi connectivity index (χ1n) is 13.7. The summed E-state index contributed by atoms with van der Waals surface area (Å²) in [5.74, 6) is -0.0438. The van der Waals surface area contributed by atoms with Crippen LogP contribution in [0.1, 0.15) is 78.7 Å². The lowest BCUT2D eigenvalue weighted by atomic mass is 9.94. The van der Waals surface area contributed by atoms with Crippen molar-refractivity contribution in [2.24, 2.45) is 0 Å². The number of nitrogens with zero attached hydrogens (tertiary/aromatic N) is 3. The van der Waals surface area contributed by atoms with Gasteiger partial charge in [0.2, 0.25) is 5.88 Å². The quantitative estimate of drug-likeness (QED) is 0.263. The summed E-state index contributed by atoms with van der Waals surface area (Å²) < 4.78 is 135. The number of hydrogen-bond acceptors (Lipinski definition) is 5. The molecule has 0 aliphatic carbocycles. The van der Waals surface area contributed by atoms with E-state index in [1.807, 2.05) is 0 Å². The summed E-state index contributed by atoms with van der Waals surface area (Å²) in [6.07, 6.45) is -15.6. The number of amides is 1. The van der Waals surface area contributed by atoms with Crippen LogP contribution in [0.5, 0.6) is 0 Å². The normalized spacial score (nSPS) is 16.3. The molecule has 0 radical (unpaired) electrons. The van der Waals surface area contributed by atoms with Gasteiger partial charge < -0.3 is 14.2 Å². The number of carbonyl (C=O) groups is 1. The Bertz CT molecular complexity index is 1520. The van der Waals surface area contributed by atoms with Crippen molar-refractivity contribution in [3.8, 4) is 0 Å². The van der Waals surface area contributed by atoms with Gasteiger partial charge in [-0.15, -0.1) is 0 Å². The van der Waals surface area contributed by atoms with E-state index >= 15 is 0 Å². The summed E-state index contributed by atoms with van der Waals surface area (Å²) in [6, 6.07) is 3.63. The molecule has 0 spiro atoms. The van der Waals surface area contributed by atoms with Gasteiger partial charge >= 0.3 is 24.6 Å². The molecule has 1 aliphatic rings. The van der Waals surface area contributed by atoms with Gasteiger partial charge in [-0.05, 0) is 88.4 Å². The maximum absolute atomic E-state index is 14.0. The molecule has 0 N–H and O–H groups in total. The fourth-order valence-corrected chi connectivity index (χ4v) is 5.21. The van der Waals surface area contributed by atoms with Gasteiger partial charge in [-0.3, -0.25) is 4.90 Å². The van der Waals surface area contributed by atoms with Crippen LogP contribution in [0.15, 0.2) is 40.9 Å². The third-order valence-electron chi connectivity index (χ3n) is 7.08. The molecular weight excluding hydrogens is 621 g/mol. The van der Waals surface area contributed by atoms with Crippen molar-refractivity contribution in [3.63, 3.8) is 0 Å². The number of hydrogen-bond donors (Lipinski definition) is 0. The van der Waals surface area contributed by atoms with Crippen LogP contribution < -0.4 is 9.80 Å². The number of benzene rings is 2. The average Bonchev–Trinajstić information content (AvgIpc) is 3.22. The topological polar surface area (TPSA) is 58.8 Å². The number of ether oxygens (including phenoxy) is 1. The molecule has 0 fully saturated rings. The zero-order valence-corrected chi connectivity index (χ0v) is 24.8. The van der Waals surface area contributed by atoms with Gasteiger partial charge in [-0.1, -0.05) is 11.2 Å². The van der Waals surface area contributed by atoms with Gasteiger partial charge in [0.25, 0.3) is 0 Å². The van der Waals surface area contributed by atoms with Gasteiger partial charge in [-0.2, -0.15) is 39.5 Å². The van der Waals surface area contributed by atoms with Crippen molar-refractivity contribution in [1.29, 1.82) is 0 Å². The summed E-state index contributed by atoms with van der Waals surface area (Å²) in [7, 11) is 0. The molecule has 45 heavy (non-hydrogen) atoms. The molecule has 1 aromatic heterocycles. The minimum Gasteiger partial charge on any atom is -0.443 e. The summed E-state index contributed by atoms with van der Waals surface area (Å²) in [5, 5.41) is 3.80. The van der Waals surface area contributed by atoms with Crippen molar-refractivity contribution in [2.45, 2.75) is 84.2 Å². The van der Waals surface area contributed by atoms with Gasteiger partial charge in [0.15, 0.2) is 0 Å². The Morgan fingerprint density at radius 2 is 1.51 bits per heavy atom. The number of fused-ring (bicyclic) bond motifs is 1. The van der Waals surface area contributed by atoms with E-state index < -0.39 is 59.5 Å². The molecule has 246 valence electrons. The number of aromatic nitrogens is 1. The standard InChI is InChI=1S/C30H30F9N3O3/c1-16-9-21-23(7-6-8-41(26(43)44-27(3,4)5)24(21)14-22(16)30(37,38)39)42(25-10-17(2)40-45-25)15-18-11-19(28(31,32)33)13-20(12-18)29(34,35)36/h9-14,23H,6-8,15H2,1-5H3/t23-/m0/s1. The predicted octanol–water partition coefficient (Wildman–Crippen LogP) is 9.63. The van der Waals surface area contributed by atoms with Crippen molar-refractivity contribution in [1.82, 2.24) is 5.16 Å². The number of rotatable bonds is 4. The molecule has 2 heterocycles. The average molecular weight is 652 g/mol. The Labute approximate surface area is 252 Å². The maximum atomic E-state index is 14.0. The molecule has 6 nitrogen and oxygen atoms in total. The molecule has 15 heteroatoms. The molecule has 1 aliphatic heterocycles. The summed E-state index contributed by atoms with van der Waals surface area (Å²) >= 11 is 0. The van der Waals surface area contributed by atoms with E-state index in [0.717, 1.165) is 11.0 Å². The number of halogens is 9. The first-order chi connectivity index (χ1) is 20.5. The van der Waals surface area contributed by atoms with Crippen molar-refractivity contribution in [3.05, 3.63) is 75.5 Å². The number of anilines is 2. The number of alkyl halides is 9. The number of carbonyl (C=O) groups excluding carboxylic acids is 1. The van der Waals surface area contributed by atoms with Crippen LogP contribution in [0.25, 0.3) is 0 Å². The molecule has 3 aromatic rings. The first-order valence-corrected chi connectivity index (χ1v) is 13.7. The molecule has 2 aromatic carbocycles. The van der Waals surface area contributed by atoms with Gasteiger partial charge in [-0.25, -0.2) is 4.79 Å². The lowest BCUT2D eigenvalue weighted by Crippen LogP contribution is -2.37. The summed E-state index contributed by atoms with van der Waals surface area (Å²) in [5.41, 5.74) is -5.31. The second kappa shape index (κ2) is 11.8. The predicted molar refractivity (Wildman–Crippen MR) is 146 cm³/mol. The molecular formula is C30H30F9N3O3. The Kier molecular flexibility index (Phi) is 8.90. The fourth-order valence-electron chi connectivity index (χ4n) is 5.21. The Morgan fingerprint density at radius 1 is 0.911 bits per heavy atom. The summed E-state index contributed by atoms with van der Waals surface area (Å²) in [6.45, 7) is 6.86. The number of aryl methyl sites for hydroxylation is 2. The minimum absolute atomic E-state index is 0.00806. The molecule has 0 saturated carbocycles. The highest BCUT2D eigenvalue weighted by Gasteiger charge is 2.40. The first kappa shape index (κ1) is 34.0.